The van der Waals surface area contributed by atoms with Gasteiger partial charge in [-0.25, -0.2) is 4.79 Å². The molecule has 19 heavy (non-hydrogen) atoms. The number of carbonyl (C=O) groups excluding carboxylic acids is 2. The first-order chi connectivity index (χ1) is 8.92. The Morgan fingerprint density at radius 2 is 2.11 bits per heavy atom. The van der Waals surface area contributed by atoms with Gasteiger partial charge in [-0.2, -0.15) is 0 Å². The second-order valence-electron chi connectivity index (χ2n) is 4.24. The Hall–Kier alpha value is -1.75. The van der Waals surface area contributed by atoms with Gasteiger partial charge in [0.1, 0.15) is 0 Å². The van der Waals surface area contributed by atoms with E-state index in [-0.39, 0.29) is 24.5 Å². The van der Waals surface area contributed by atoms with Gasteiger partial charge in [-0.05, 0) is 31.5 Å². The van der Waals surface area contributed by atoms with E-state index in [1.165, 1.54) is 7.11 Å². The number of hydrogen-bond acceptors (Lipinski definition) is 3. The van der Waals surface area contributed by atoms with Crippen LogP contribution in [-0.2, 0) is 9.53 Å². The summed E-state index contributed by atoms with van der Waals surface area (Å²) in [6, 6.07) is 4.53. The fourth-order valence-corrected chi connectivity index (χ4v) is 1.67. The standard InChI is InChI=1S/C13H17ClN2O3/c1-8-4-5-10(14)7-11(8)16-13(18)15-9(2)6-12(17)19-3/h4-5,7,9H,6H2,1-3H3,(H2,15,16,18). The number of anilines is 1. The highest BCUT2D eigenvalue weighted by Gasteiger charge is 2.12. The molecule has 1 aromatic rings. The number of urea groups is 1. The number of halogens is 1. The number of amides is 2. The lowest BCUT2D eigenvalue weighted by Gasteiger charge is -2.14. The van der Waals surface area contributed by atoms with Crippen LogP contribution in [0, 0.1) is 6.92 Å². The molecule has 0 aliphatic heterocycles. The summed E-state index contributed by atoms with van der Waals surface area (Å²) >= 11 is 5.86. The number of aryl methyl sites for hydroxylation is 1. The van der Waals surface area contributed by atoms with Gasteiger partial charge in [0.2, 0.25) is 0 Å². The van der Waals surface area contributed by atoms with Gasteiger partial charge in [0.05, 0.1) is 13.5 Å². The van der Waals surface area contributed by atoms with E-state index in [0.717, 1.165) is 5.56 Å². The Labute approximate surface area is 117 Å². The van der Waals surface area contributed by atoms with E-state index in [9.17, 15) is 9.59 Å². The molecular formula is C13H17ClN2O3. The molecule has 5 nitrogen and oxygen atoms in total. The molecule has 0 aliphatic rings. The predicted octanol–water partition coefficient (Wildman–Crippen LogP) is 2.72. The van der Waals surface area contributed by atoms with Gasteiger partial charge in [0.15, 0.2) is 0 Å². The fraction of sp³-hybridized carbons (Fsp3) is 0.385. The smallest absolute Gasteiger partial charge is 0.319 e. The number of methoxy groups -OCH3 is 1. The molecule has 1 rings (SSSR count). The van der Waals surface area contributed by atoms with Crippen molar-refractivity contribution in [3.63, 3.8) is 0 Å². The molecule has 0 spiro atoms. The van der Waals surface area contributed by atoms with E-state index < -0.39 is 0 Å². The molecule has 2 N–H and O–H groups in total. The third kappa shape index (κ3) is 5.18. The van der Waals surface area contributed by atoms with E-state index in [2.05, 4.69) is 15.4 Å². The lowest BCUT2D eigenvalue weighted by Crippen LogP contribution is -2.37. The molecular weight excluding hydrogens is 268 g/mol. The van der Waals surface area contributed by atoms with Crippen LogP contribution in [0.25, 0.3) is 0 Å². The summed E-state index contributed by atoms with van der Waals surface area (Å²) in [4.78, 5) is 22.8. The molecule has 104 valence electrons. The molecule has 0 saturated heterocycles. The van der Waals surface area contributed by atoms with Crippen molar-refractivity contribution in [3.05, 3.63) is 28.8 Å². The van der Waals surface area contributed by atoms with Crippen LogP contribution >= 0.6 is 11.6 Å². The summed E-state index contributed by atoms with van der Waals surface area (Å²) in [5, 5.41) is 5.88. The normalized spacial score (nSPS) is 11.6. The van der Waals surface area contributed by atoms with Crippen molar-refractivity contribution in [2.75, 3.05) is 12.4 Å². The Bertz CT molecular complexity index is 477. The minimum Gasteiger partial charge on any atom is -0.469 e. The number of carbonyl (C=O) groups is 2. The summed E-state index contributed by atoms with van der Waals surface area (Å²) in [7, 11) is 1.31. The van der Waals surface area contributed by atoms with Gasteiger partial charge in [0, 0.05) is 16.8 Å². The highest BCUT2D eigenvalue weighted by Crippen LogP contribution is 2.19. The molecule has 0 heterocycles. The van der Waals surface area contributed by atoms with Crippen molar-refractivity contribution in [2.24, 2.45) is 0 Å². The van der Waals surface area contributed by atoms with E-state index in [0.29, 0.717) is 10.7 Å². The zero-order chi connectivity index (χ0) is 14.4. The minimum atomic E-state index is -0.387. The number of hydrogen-bond donors (Lipinski definition) is 2. The van der Waals surface area contributed by atoms with Crippen LogP contribution in [0.3, 0.4) is 0 Å². The lowest BCUT2D eigenvalue weighted by atomic mass is 10.2. The third-order valence-corrected chi connectivity index (χ3v) is 2.76. The highest BCUT2D eigenvalue weighted by molar-refractivity contribution is 6.31. The van der Waals surface area contributed by atoms with Crippen molar-refractivity contribution in [3.8, 4) is 0 Å². The van der Waals surface area contributed by atoms with Crippen molar-refractivity contribution < 1.29 is 14.3 Å². The molecule has 0 aromatic heterocycles. The van der Waals surface area contributed by atoms with E-state index in [4.69, 9.17) is 11.6 Å². The average Bonchev–Trinajstić information content (AvgIpc) is 2.33. The molecule has 0 fully saturated rings. The molecule has 0 saturated carbocycles. The quantitative estimate of drug-likeness (QED) is 0.836. The van der Waals surface area contributed by atoms with Crippen molar-refractivity contribution in [1.29, 1.82) is 0 Å². The maximum atomic E-state index is 11.7. The number of rotatable bonds is 4. The fourth-order valence-electron chi connectivity index (χ4n) is 1.50. The molecule has 0 bridgehead atoms. The summed E-state index contributed by atoms with van der Waals surface area (Å²) < 4.78 is 4.53. The van der Waals surface area contributed by atoms with Gasteiger partial charge < -0.3 is 15.4 Å². The van der Waals surface area contributed by atoms with Gasteiger partial charge in [0.25, 0.3) is 0 Å². The third-order valence-electron chi connectivity index (χ3n) is 2.53. The highest BCUT2D eigenvalue weighted by atomic mass is 35.5. The zero-order valence-electron chi connectivity index (χ0n) is 11.1. The van der Waals surface area contributed by atoms with E-state index in [1.54, 1.807) is 19.1 Å². The maximum absolute atomic E-state index is 11.7. The Kier molecular flexibility index (Phi) is 5.63. The first-order valence-corrected chi connectivity index (χ1v) is 6.20. The monoisotopic (exact) mass is 284 g/mol. The van der Waals surface area contributed by atoms with E-state index >= 15 is 0 Å². The molecule has 0 radical (unpaired) electrons. The number of esters is 1. The van der Waals surface area contributed by atoms with Gasteiger partial charge in [-0.3, -0.25) is 4.79 Å². The van der Waals surface area contributed by atoms with Crippen molar-refractivity contribution >= 4 is 29.3 Å². The Morgan fingerprint density at radius 1 is 1.42 bits per heavy atom. The SMILES string of the molecule is COC(=O)CC(C)NC(=O)Nc1cc(Cl)ccc1C. The average molecular weight is 285 g/mol. The van der Waals surface area contributed by atoms with Crippen LogP contribution in [0.2, 0.25) is 5.02 Å². The van der Waals surface area contributed by atoms with Crippen LogP contribution in [0.4, 0.5) is 10.5 Å². The van der Waals surface area contributed by atoms with Crippen LogP contribution in [-0.4, -0.2) is 25.2 Å². The van der Waals surface area contributed by atoms with Gasteiger partial charge in [-0.1, -0.05) is 17.7 Å². The Morgan fingerprint density at radius 3 is 2.74 bits per heavy atom. The summed E-state index contributed by atoms with van der Waals surface area (Å²) in [6.07, 6.45) is 0.123. The zero-order valence-corrected chi connectivity index (χ0v) is 11.9. The van der Waals surface area contributed by atoms with E-state index in [1.807, 2.05) is 13.0 Å². The van der Waals surface area contributed by atoms with Crippen molar-refractivity contribution in [2.45, 2.75) is 26.3 Å². The van der Waals surface area contributed by atoms with Gasteiger partial charge >= 0.3 is 12.0 Å². The van der Waals surface area contributed by atoms with Crippen LogP contribution in [0.5, 0.6) is 0 Å². The first kappa shape index (κ1) is 15.3. The largest absolute Gasteiger partial charge is 0.469 e. The first-order valence-electron chi connectivity index (χ1n) is 5.83. The van der Waals surface area contributed by atoms with Crippen molar-refractivity contribution in [1.82, 2.24) is 5.32 Å². The molecule has 6 heteroatoms. The number of ether oxygens (including phenoxy) is 1. The molecule has 2 amide bonds. The maximum Gasteiger partial charge on any atom is 0.319 e. The number of nitrogens with one attached hydrogen (secondary N) is 2. The molecule has 0 aliphatic carbocycles. The second kappa shape index (κ2) is 6.99. The number of benzene rings is 1. The lowest BCUT2D eigenvalue weighted by molar-refractivity contribution is -0.141. The molecule has 1 atom stereocenters. The summed E-state index contributed by atoms with van der Waals surface area (Å²) in [5.41, 5.74) is 1.54. The second-order valence-corrected chi connectivity index (χ2v) is 4.68. The summed E-state index contributed by atoms with van der Waals surface area (Å²) in [5.74, 6) is -0.369. The Balaban J connectivity index is 2.55. The summed E-state index contributed by atoms with van der Waals surface area (Å²) in [6.45, 7) is 3.59. The minimum absolute atomic E-state index is 0.123. The van der Waals surface area contributed by atoms with Crippen LogP contribution in [0.1, 0.15) is 18.9 Å². The molecule has 1 aromatic carbocycles. The topological polar surface area (TPSA) is 67.4 Å². The van der Waals surface area contributed by atoms with Crippen LogP contribution < -0.4 is 10.6 Å². The predicted molar refractivity (Wildman–Crippen MR) is 74.4 cm³/mol. The van der Waals surface area contributed by atoms with Crippen LogP contribution in [0.15, 0.2) is 18.2 Å². The van der Waals surface area contributed by atoms with Gasteiger partial charge in [-0.15, -0.1) is 0 Å². The molecule has 1 unspecified atom stereocenters.